The lowest BCUT2D eigenvalue weighted by atomic mass is 10.1. The Balaban J connectivity index is 0.000001000. The van der Waals surface area contributed by atoms with Crippen molar-refractivity contribution < 1.29 is 20.2 Å². The number of hydrogen-bond donors (Lipinski definition) is 3. The Hall–Kier alpha value is -1.14. The molecule has 5 N–H and O–H groups in total. The lowest BCUT2D eigenvalue weighted by Gasteiger charge is -2.19. The summed E-state index contributed by atoms with van der Waals surface area (Å²) in [7, 11) is 0. The summed E-state index contributed by atoms with van der Waals surface area (Å²) in [4.78, 5) is 21.1. The van der Waals surface area contributed by atoms with Gasteiger partial charge in [-0.2, -0.15) is 0 Å². The molecule has 1 aliphatic rings. The maximum absolute atomic E-state index is 10.7. The van der Waals surface area contributed by atoms with Crippen LogP contribution in [-0.2, 0) is 4.79 Å². The van der Waals surface area contributed by atoms with E-state index in [4.69, 9.17) is 5.11 Å². The topological polar surface area (TPSA) is 110 Å². The number of carbonyl (C=O) groups excluding carboxylic acids is 2. The fourth-order valence-electron chi connectivity index (χ4n) is 0.714. The Labute approximate surface area is 62.9 Å². The Morgan fingerprint density at radius 3 is 2.64 bits per heavy atom. The van der Waals surface area contributed by atoms with Crippen LogP contribution in [-0.4, -0.2) is 35.7 Å². The largest absolute Gasteiger partial charge is 0.412 e. The molecule has 1 unspecified atom stereocenters. The van der Waals surface area contributed by atoms with Crippen LogP contribution in [0, 0.1) is 5.92 Å². The molecule has 1 saturated heterocycles. The van der Waals surface area contributed by atoms with Crippen LogP contribution in [0.5, 0.6) is 0 Å². The van der Waals surface area contributed by atoms with E-state index in [1.807, 2.05) is 5.32 Å². The first-order chi connectivity index (χ1) is 4.74. The van der Waals surface area contributed by atoms with Gasteiger partial charge >= 0.3 is 6.03 Å². The van der Waals surface area contributed by atoms with Gasteiger partial charge in [0, 0.05) is 6.54 Å². The van der Waals surface area contributed by atoms with Gasteiger partial charge in [0.15, 0.2) is 0 Å². The lowest BCUT2D eigenvalue weighted by Crippen LogP contribution is -2.53. The number of urea groups is 1. The average Bonchev–Trinajstić information content (AvgIpc) is 1.88. The number of amides is 3. The summed E-state index contributed by atoms with van der Waals surface area (Å²) in [5.74, 6) is -0.899. The molecule has 0 spiro atoms. The van der Waals surface area contributed by atoms with Crippen LogP contribution >= 0.6 is 0 Å². The second-order valence-electron chi connectivity index (χ2n) is 2.08. The predicted molar refractivity (Wildman–Crippen MR) is 35.7 cm³/mol. The van der Waals surface area contributed by atoms with Crippen LogP contribution in [0.25, 0.3) is 0 Å². The predicted octanol–water partition coefficient (Wildman–Crippen LogP) is -2.39. The highest BCUT2D eigenvalue weighted by Crippen LogP contribution is 1.96. The van der Waals surface area contributed by atoms with E-state index < -0.39 is 17.9 Å². The van der Waals surface area contributed by atoms with Crippen LogP contribution in [0.1, 0.15) is 0 Å². The molecule has 0 aromatic rings. The maximum atomic E-state index is 10.7. The summed E-state index contributed by atoms with van der Waals surface area (Å²) in [5, 5.41) is 12.9. The number of carbonyl (C=O) groups is 2. The SMILES string of the molecule is O.O=C1NCC(CO)C(=O)N1. The van der Waals surface area contributed by atoms with Crippen molar-refractivity contribution in [3.05, 3.63) is 0 Å². The number of rotatable bonds is 1. The Kier molecular flexibility index (Phi) is 3.49. The highest BCUT2D eigenvalue weighted by Gasteiger charge is 2.24. The van der Waals surface area contributed by atoms with E-state index in [2.05, 4.69) is 5.32 Å². The molecule has 0 bridgehead atoms. The van der Waals surface area contributed by atoms with Crippen molar-refractivity contribution in [2.24, 2.45) is 5.92 Å². The molecule has 0 aromatic heterocycles. The van der Waals surface area contributed by atoms with Crippen molar-refractivity contribution in [2.45, 2.75) is 0 Å². The van der Waals surface area contributed by atoms with Crippen molar-refractivity contribution in [1.29, 1.82) is 0 Å². The maximum Gasteiger partial charge on any atom is 0.321 e. The van der Waals surface area contributed by atoms with Gasteiger partial charge < -0.3 is 15.9 Å². The van der Waals surface area contributed by atoms with Crippen LogP contribution < -0.4 is 10.6 Å². The Bertz CT molecular complexity index is 170. The van der Waals surface area contributed by atoms with E-state index in [0.29, 0.717) is 0 Å². The zero-order valence-electron chi connectivity index (χ0n) is 5.76. The summed E-state index contributed by atoms with van der Waals surface area (Å²) in [6, 6.07) is -0.491. The molecule has 11 heavy (non-hydrogen) atoms. The molecule has 0 saturated carbocycles. The molecule has 1 fully saturated rings. The fraction of sp³-hybridized carbons (Fsp3) is 0.600. The third-order valence-electron chi connectivity index (χ3n) is 1.34. The molecule has 6 heteroatoms. The molecule has 64 valence electrons. The average molecular weight is 162 g/mol. The Morgan fingerprint density at radius 1 is 1.55 bits per heavy atom. The van der Waals surface area contributed by atoms with Gasteiger partial charge in [0.25, 0.3) is 0 Å². The van der Waals surface area contributed by atoms with Crippen LogP contribution in [0.3, 0.4) is 0 Å². The minimum absolute atomic E-state index is 0. The molecule has 1 atom stereocenters. The van der Waals surface area contributed by atoms with E-state index in [1.54, 1.807) is 0 Å². The lowest BCUT2D eigenvalue weighted by molar-refractivity contribution is -0.125. The highest BCUT2D eigenvalue weighted by atomic mass is 16.3. The number of aliphatic hydroxyl groups is 1. The van der Waals surface area contributed by atoms with Crippen LogP contribution in [0.2, 0.25) is 0 Å². The molecule has 3 amide bonds. The summed E-state index contributed by atoms with van der Waals surface area (Å²) in [6.07, 6.45) is 0. The van der Waals surface area contributed by atoms with Gasteiger partial charge in [-0.3, -0.25) is 10.1 Å². The van der Waals surface area contributed by atoms with Gasteiger partial charge in [0.2, 0.25) is 5.91 Å². The fourth-order valence-corrected chi connectivity index (χ4v) is 0.714. The van der Waals surface area contributed by atoms with E-state index in [0.717, 1.165) is 0 Å². The number of nitrogens with one attached hydrogen (secondary N) is 2. The van der Waals surface area contributed by atoms with Gasteiger partial charge in [-0.05, 0) is 0 Å². The van der Waals surface area contributed by atoms with E-state index >= 15 is 0 Å². The summed E-state index contributed by atoms with van der Waals surface area (Å²) >= 11 is 0. The molecule has 0 aliphatic carbocycles. The zero-order chi connectivity index (χ0) is 7.56. The highest BCUT2D eigenvalue weighted by molar-refractivity contribution is 5.97. The number of hydrogen-bond acceptors (Lipinski definition) is 3. The summed E-state index contributed by atoms with van der Waals surface area (Å²) in [6.45, 7) is -0.00667. The van der Waals surface area contributed by atoms with Gasteiger partial charge in [-0.1, -0.05) is 0 Å². The molecular formula is C5H10N2O4. The van der Waals surface area contributed by atoms with Crippen LogP contribution in [0.15, 0.2) is 0 Å². The first kappa shape index (κ1) is 9.86. The van der Waals surface area contributed by atoms with Gasteiger partial charge in [-0.15, -0.1) is 0 Å². The van der Waals surface area contributed by atoms with E-state index in [-0.39, 0.29) is 18.6 Å². The summed E-state index contributed by atoms with van der Waals surface area (Å²) in [5.41, 5.74) is 0. The monoisotopic (exact) mass is 162 g/mol. The van der Waals surface area contributed by atoms with Crippen LogP contribution in [0.4, 0.5) is 4.79 Å². The van der Waals surface area contributed by atoms with Crippen molar-refractivity contribution in [1.82, 2.24) is 10.6 Å². The quantitative estimate of drug-likeness (QED) is 0.400. The first-order valence-electron chi connectivity index (χ1n) is 2.93. The molecule has 0 aromatic carbocycles. The molecule has 1 heterocycles. The minimum atomic E-state index is -0.491. The number of imide groups is 1. The van der Waals surface area contributed by atoms with Gasteiger partial charge in [0.05, 0.1) is 12.5 Å². The molecule has 1 rings (SSSR count). The summed E-state index contributed by atoms with van der Waals surface area (Å²) < 4.78 is 0. The molecular weight excluding hydrogens is 152 g/mol. The second-order valence-corrected chi connectivity index (χ2v) is 2.08. The van der Waals surface area contributed by atoms with E-state index in [1.165, 1.54) is 0 Å². The van der Waals surface area contributed by atoms with Crippen molar-refractivity contribution in [3.63, 3.8) is 0 Å². The molecule has 6 nitrogen and oxygen atoms in total. The third-order valence-corrected chi connectivity index (χ3v) is 1.34. The number of aliphatic hydroxyl groups excluding tert-OH is 1. The van der Waals surface area contributed by atoms with Gasteiger partial charge in [-0.25, -0.2) is 4.79 Å². The van der Waals surface area contributed by atoms with Crippen molar-refractivity contribution in [3.8, 4) is 0 Å². The van der Waals surface area contributed by atoms with E-state index in [9.17, 15) is 9.59 Å². The third kappa shape index (κ3) is 2.17. The molecule has 0 radical (unpaired) electrons. The zero-order valence-corrected chi connectivity index (χ0v) is 5.76. The molecule has 1 aliphatic heterocycles. The normalized spacial score (nSPS) is 23.2. The minimum Gasteiger partial charge on any atom is -0.412 e. The first-order valence-corrected chi connectivity index (χ1v) is 2.93. The van der Waals surface area contributed by atoms with Crippen molar-refractivity contribution >= 4 is 11.9 Å². The van der Waals surface area contributed by atoms with Crippen molar-refractivity contribution in [2.75, 3.05) is 13.2 Å². The standard InChI is InChI=1S/C5H8N2O3.H2O/c8-2-3-1-6-5(10)7-4(3)9;/h3,8H,1-2H2,(H2,6,7,9,10);1H2. The Morgan fingerprint density at radius 2 is 2.18 bits per heavy atom. The van der Waals surface area contributed by atoms with Gasteiger partial charge in [0.1, 0.15) is 0 Å². The smallest absolute Gasteiger partial charge is 0.321 e. The second kappa shape index (κ2) is 3.89.